The van der Waals surface area contributed by atoms with E-state index >= 15 is 0 Å². The summed E-state index contributed by atoms with van der Waals surface area (Å²) in [6, 6.07) is 5.16. The Bertz CT molecular complexity index is 612. The van der Waals surface area contributed by atoms with Crippen LogP contribution in [0.5, 0.6) is 0 Å². The first-order valence-corrected chi connectivity index (χ1v) is 6.68. The van der Waals surface area contributed by atoms with E-state index in [0.29, 0.717) is 11.5 Å². The highest BCUT2D eigenvalue weighted by Crippen LogP contribution is 2.39. The fraction of sp³-hybridized carbons (Fsp3) is 0.400. The Morgan fingerprint density at radius 3 is 2.79 bits per heavy atom. The zero-order chi connectivity index (χ0) is 13.6. The molecular formula is C15H18FN3. The van der Waals surface area contributed by atoms with Crippen molar-refractivity contribution < 1.29 is 4.39 Å². The third kappa shape index (κ3) is 2.28. The van der Waals surface area contributed by atoms with Crippen LogP contribution in [0.4, 0.5) is 4.39 Å². The van der Waals surface area contributed by atoms with E-state index in [0.717, 1.165) is 16.9 Å². The standard InChI is InChI=1S/C15H18FN3/c1-9-7-15(12(10(2)17)8-13(9)16)19-6-5-14(18-19)11-3-4-11/h5-8,10-11H,3-4,17H2,1-2H3. The highest BCUT2D eigenvalue weighted by molar-refractivity contribution is 5.45. The molecule has 0 saturated heterocycles. The largest absolute Gasteiger partial charge is 0.324 e. The zero-order valence-electron chi connectivity index (χ0n) is 11.2. The van der Waals surface area contributed by atoms with Crippen molar-refractivity contribution in [3.8, 4) is 5.69 Å². The minimum atomic E-state index is -0.223. The first kappa shape index (κ1) is 12.4. The molecule has 4 heteroatoms. The van der Waals surface area contributed by atoms with Crippen LogP contribution in [0.25, 0.3) is 5.69 Å². The van der Waals surface area contributed by atoms with Crippen LogP contribution in [0.15, 0.2) is 24.4 Å². The Morgan fingerprint density at radius 2 is 2.16 bits per heavy atom. The molecule has 1 aromatic heterocycles. The summed E-state index contributed by atoms with van der Waals surface area (Å²) in [6.45, 7) is 3.62. The van der Waals surface area contributed by atoms with Crippen molar-refractivity contribution in [3.63, 3.8) is 0 Å². The summed E-state index contributed by atoms with van der Waals surface area (Å²) >= 11 is 0. The number of nitrogens with two attached hydrogens (primary N) is 1. The quantitative estimate of drug-likeness (QED) is 0.919. The second kappa shape index (κ2) is 4.46. The molecule has 1 heterocycles. The van der Waals surface area contributed by atoms with Crippen molar-refractivity contribution in [1.29, 1.82) is 0 Å². The lowest BCUT2D eigenvalue weighted by Gasteiger charge is -2.14. The van der Waals surface area contributed by atoms with E-state index in [-0.39, 0.29) is 11.9 Å². The lowest BCUT2D eigenvalue weighted by atomic mass is 10.0. The zero-order valence-corrected chi connectivity index (χ0v) is 11.2. The van der Waals surface area contributed by atoms with Crippen LogP contribution in [0.1, 0.15) is 48.5 Å². The van der Waals surface area contributed by atoms with Crippen LogP contribution < -0.4 is 5.73 Å². The summed E-state index contributed by atoms with van der Waals surface area (Å²) in [5.74, 6) is 0.396. The van der Waals surface area contributed by atoms with E-state index in [9.17, 15) is 4.39 Å². The van der Waals surface area contributed by atoms with Crippen LogP contribution in [-0.2, 0) is 0 Å². The van der Waals surface area contributed by atoms with Gasteiger partial charge in [-0.3, -0.25) is 0 Å². The number of hydrogen-bond acceptors (Lipinski definition) is 2. The monoisotopic (exact) mass is 259 g/mol. The van der Waals surface area contributed by atoms with Gasteiger partial charge in [-0.05, 0) is 56.0 Å². The molecule has 1 aliphatic carbocycles. The van der Waals surface area contributed by atoms with Gasteiger partial charge in [-0.1, -0.05) is 0 Å². The van der Waals surface area contributed by atoms with Gasteiger partial charge in [-0.2, -0.15) is 5.10 Å². The van der Waals surface area contributed by atoms with E-state index in [4.69, 9.17) is 5.73 Å². The van der Waals surface area contributed by atoms with Gasteiger partial charge in [-0.15, -0.1) is 0 Å². The predicted octanol–water partition coefficient (Wildman–Crippen LogP) is 3.22. The van der Waals surface area contributed by atoms with Crippen molar-refractivity contribution in [3.05, 3.63) is 47.0 Å². The Labute approximate surface area is 112 Å². The van der Waals surface area contributed by atoms with Gasteiger partial charge in [0.1, 0.15) is 5.82 Å². The fourth-order valence-electron chi connectivity index (χ4n) is 2.31. The molecule has 1 fully saturated rings. The average Bonchev–Trinajstić information content (AvgIpc) is 3.10. The summed E-state index contributed by atoms with van der Waals surface area (Å²) in [5, 5.41) is 4.59. The minimum absolute atomic E-state index is 0.217. The summed E-state index contributed by atoms with van der Waals surface area (Å²) in [4.78, 5) is 0. The van der Waals surface area contributed by atoms with Crippen molar-refractivity contribution in [2.45, 2.75) is 38.6 Å². The number of aryl methyl sites for hydroxylation is 1. The smallest absolute Gasteiger partial charge is 0.126 e. The SMILES string of the molecule is Cc1cc(-n2ccc(C3CC3)n2)c(C(C)N)cc1F. The third-order valence-electron chi connectivity index (χ3n) is 3.65. The average molecular weight is 259 g/mol. The van der Waals surface area contributed by atoms with Crippen LogP contribution in [0.3, 0.4) is 0 Å². The maximum atomic E-state index is 13.7. The summed E-state index contributed by atoms with van der Waals surface area (Å²) in [7, 11) is 0. The van der Waals surface area contributed by atoms with Crippen LogP contribution in [0.2, 0.25) is 0 Å². The second-order valence-corrected chi connectivity index (χ2v) is 5.41. The van der Waals surface area contributed by atoms with Crippen molar-refractivity contribution in [1.82, 2.24) is 9.78 Å². The Balaban J connectivity index is 2.08. The van der Waals surface area contributed by atoms with E-state index in [2.05, 4.69) is 5.10 Å². The number of benzene rings is 1. The van der Waals surface area contributed by atoms with Crippen molar-refractivity contribution in [2.24, 2.45) is 5.73 Å². The molecule has 3 nitrogen and oxygen atoms in total. The first-order valence-electron chi connectivity index (χ1n) is 6.68. The molecule has 1 aliphatic rings. The Morgan fingerprint density at radius 1 is 1.42 bits per heavy atom. The summed E-state index contributed by atoms with van der Waals surface area (Å²) in [5.41, 5.74) is 9.34. The number of rotatable bonds is 3. The van der Waals surface area contributed by atoms with Gasteiger partial charge in [-0.25, -0.2) is 9.07 Å². The van der Waals surface area contributed by atoms with E-state index < -0.39 is 0 Å². The highest BCUT2D eigenvalue weighted by Gasteiger charge is 2.26. The molecule has 1 saturated carbocycles. The molecule has 0 spiro atoms. The van der Waals surface area contributed by atoms with Gasteiger partial charge in [0, 0.05) is 18.2 Å². The maximum absolute atomic E-state index is 13.7. The first-order chi connectivity index (χ1) is 9.06. The highest BCUT2D eigenvalue weighted by atomic mass is 19.1. The third-order valence-corrected chi connectivity index (χ3v) is 3.65. The minimum Gasteiger partial charge on any atom is -0.324 e. The van der Waals surface area contributed by atoms with Gasteiger partial charge in [0.25, 0.3) is 0 Å². The topological polar surface area (TPSA) is 43.8 Å². The summed E-state index contributed by atoms with van der Waals surface area (Å²) in [6.07, 6.45) is 4.38. The van der Waals surface area contributed by atoms with Crippen molar-refractivity contribution in [2.75, 3.05) is 0 Å². The molecule has 0 amide bonds. The Kier molecular flexibility index (Phi) is 2.90. The predicted molar refractivity (Wildman–Crippen MR) is 72.8 cm³/mol. The normalized spacial score (nSPS) is 16.6. The van der Waals surface area contributed by atoms with Crippen LogP contribution in [-0.4, -0.2) is 9.78 Å². The Hall–Kier alpha value is -1.68. The van der Waals surface area contributed by atoms with Gasteiger partial charge in [0.05, 0.1) is 11.4 Å². The molecule has 0 bridgehead atoms. The van der Waals surface area contributed by atoms with E-state index in [1.165, 1.54) is 18.9 Å². The lowest BCUT2D eigenvalue weighted by Crippen LogP contribution is -2.11. The fourth-order valence-corrected chi connectivity index (χ4v) is 2.31. The van der Waals surface area contributed by atoms with Crippen LogP contribution in [0, 0.1) is 12.7 Å². The molecule has 0 radical (unpaired) electrons. The molecule has 19 heavy (non-hydrogen) atoms. The molecule has 1 aromatic carbocycles. The molecule has 2 N–H and O–H groups in total. The van der Waals surface area contributed by atoms with Gasteiger partial charge in [0.2, 0.25) is 0 Å². The number of halogens is 1. The van der Waals surface area contributed by atoms with E-state index in [1.807, 2.05) is 29.9 Å². The lowest BCUT2D eigenvalue weighted by molar-refractivity contribution is 0.611. The number of nitrogens with zero attached hydrogens (tertiary/aromatic N) is 2. The molecule has 3 rings (SSSR count). The molecular weight excluding hydrogens is 241 g/mol. The molecule has 1 unspecified atom stereocenters. The second-order valence-electron chi connectivity index (χ2n) is 5.41. The van der Waals surface area contributed by atoms with Crippen LogP contribution >= 0.6 is 0 Å². The molecule has 1 atom stereocenters. The van der Waals surface area contributed by atoms with Crippen molar-refractivity contribution >= 4 is 0 Å². The molecule has 0 aliphatic heterocycles. The van der Waals surface area contributed by atoms with Gasteiger partial charge >= 0.3 is 0 Å². The number of hydrogen-bond donors (Lipinski definition) is 1. The van der Waals surface area contributed by atoms with Gasteiger partial charge in [0.15, 0.2) is 0 Å². The summed E-state index contributed by atoms with van der Waals surface area (Å²) < 4.78 is 15.5. The van der Waals surface area contributed by atoms with Gasteiger partial charge < -0.3 is 5.73 Å². The number of aromatic nitrogens is 2. The van der Waals surface area contributed by atoms with E-state index in [1.54, 1.807) is 6.92 Å². The molecule has 2 aromatic rings. The maximum Gasteiger partial charge on any atom is 0.126 e. The molecule has 100 valence electrons.